The molecule has 0 fully saturated rings. The van der Waals surface area contributed by atoms with Crippen LogP contribution >= 0.6 is 0 Å². The number of halogens is 1. The Morgan fingerprint density at radius 1 is 1.47 bits per heavy atom. The molecule has 0 aliphatic rings. The number of ether oxygens (including phenoxy) is 1. The number of amides is 1. The molecule has 1 aromatic rings. The normalized spacial score (nSPS) is 12.9. The highest BCUT2D eigenvalue weighted by atomic mass is 19.1. The minimum atomic E-state index is -0.427. The van der Waals surface area contributed by atoms with Gasteiger partial charge in [0, 0.05) is 23.2 Å². The molecule has 5 heteroatoms. The largest absolute Gasteiger partial charge is 0.484 e. The van der Waals surface area contributed by atoms with E-state index in [1.807, 2.05) is 20.8 Å². The summed E-state index contributed by atoms with van der Waals surface area (Å²) in [6.45, 7) is 7.19. The van der Waals surface area contributed by atoms with Crippen molar-refractivity contribution in [2.24, 2.45) is 5.73 Å². The third-order valence-electron chi connectivity index (χ3n) is 2.35. The lowest BCUT2D eigenvalue weighted by Crippen LogP contribution is -2.43. The van der Waals surface area contributed by atoms with E-state index in [4.69, 9.17) is 10.5 Å². The van der Waals surface area contributed by atoms with Crippen LogP contribution in [0.15, 0.2) is 18.2 Å². The highest BCUT2D eigenvalue weighted by molar-refractivity contribution is 5.78. The Bertz CT molecular complexity index is 453. The lowest BCUT2D eigenvalue weighted by Gasteiger charge is -2.20. The maximum atomic E-state index is 13.6. The van der Waals surface area contributed by atoms with Crippen molar-refractivity contribution < 1.29 is 13.9 Å². The van der Waals surface area contributed by atoms with Gasteiger partial charge in [0.25, 0.3) is 5.91 Å². The zero-order valence-electron chi connectivity index (χ0n) is 11.8. The van der Waals surface area contributed by atoms with Crippen molar-refractivity contribution in [3.63, 3.8) is 0 Å². The van der Waals surface area contributed by atoms with Gasteiger partial charge in [0.1, 0.15) is 11.6 Å². The number of hydrogen-bond acceptors (Lipinski definition) is 3. The quantitative estimate of drug-likeness (QED) is 0.879. The average molecular weight is 268 g/mol. The van der Waals surface area contributed by atoms with Crippen LogP contribution in [0, 0.1) is 5.82 Å². The molecule has 3 N–H and O–H groups in total. The number of nitrogens with two attached hydrogens (primary N) is 1. The Morgan fingerprint density at radius 3 is 2.58 bits per heavy atom. The molecule has 4 nitrogen and oxygen atoms in total. The predicted molar refractivity (Wildman–Crippen MR) is 72.4 cm³/mol. The van der Waals surface area contributed by atoms with Gasteiger partial charge in [-0.15, -0.1) is 0 Å². The van der Waals surface area contributed by atoms with E-state index >= 15 is 0 Å². The Hall–Kier alpha value is -1.62. The highest BCUT2D eigenvalue weighted by Crippen LogP contribution is 2.20. The van der Waals surface area contributed by atoms with Crippen LogP contribution in [0.3, 0.4) is 0 Å². The predicted octanol–water partition coefficient (Wildman–Crippen LogP) is 2.14. The molecule has 0 spiro atoms. The van der Waals surface area contributed by atoms with Crippen molar-refractivity contribution in [2.45, 2.75) is 39.3 Å². The van der Waals surface area contributed by atoms with E-state index < -0.39 is 5.82 Å². The lowest BCUT2D eigenvalue weighted by molar-refractivity contribution is -0.124. The first-order valence-corrected chi connectivity index (χ1v) is 6.18. The van der Waals surface area contributed by atoms with E-state index in [0.29, 0.717) is 11.3 Å². The minimum Gasteiger partial charge on any atom is -0.484 e. The second-order valence-electron chi connectivity index (χ2n) is 5.56. The SMILES string of the molecule is C[C@@H](N)c1ccc(OCC(=O)NC(C)(C)C)cc1F. The number of carbonyl (C=O) groups excluding carboxylic acids is 1. The third kappa shape index (κ3) is 5.26. The van der Waals surface area contributed by atoms with E-state index in [0.717, 1.165) is 0 Å². The molecular formula is C14H21FN2O2. The molecule has 0 saturated carbocycles. The highest BCUT2D eigenvalue weighted by Gasteiger charge is 2.14. The maximum Gasteiger partial charge on any atom is 0.258 e. The first-order valence-electron chi connectivity index (χ1n) is 6.18. The van der Waals surface area contributed by atoms with Gasteiger partial charge in [0.2, 0.25) is 0 Å². The molecule has 19 heavy (non-hydrogen) atoms. The van der Waals surface area contributed by atoms with Crippen LogP contribution in [0.4, 0.5) is 4.39 Å². The summed E-state index contributed by atoms with van der Waals surface area (Å²) in [5.41, 5.74) is 5.72. The van der Waals surface area contributed by atoms with Crippen molar-refractivity contribution in [3.05, 3.63) is 29.6 Å². The van der Waals surface area contributed by atoms with Crippen LogP contribution in [0.1, 0.15) is 39.3 Å². The molecule has 1 aromatic carbocycles. The zero-order valence-corrected chi connectivity index (χ0v) is 11.8. The summed E-state index contributed by atoms with van der Waals surface area (Å²) in [6, 6.07) is 4.03. The molecule has 0 heterocycles. The van der Waals surface area contributed by atoms with Gasteiger partial charge in [-0.1, -0.05) is 6.07 Å². The fraction of sp³-hybridized carbons (Fsp3) is 0.500. The van der Waals surface area contributed by atoms with Crippen LogP contribution in [-0.4, -0.2) is 18.1 Å². The maximum absolute atomic E-state index is 13.6. The Labute approximate surface area is 113 Å². The van der Waals surface area contributed by atoms with E-state index in [1.165, 1.54) is 6.07 Å². The minimum absolute atomic E-state index is 0.145. The van der Waals surface area contributed by atoms with E-state index in [2.05, 4.69) is 5.32 Å². The molecular weight excluding hydrogens is 247 g/mol. The molecule has 1 rings (SSSR count). The second-order valence-corrected chi connectivity index (χ2v) is 5.56. The van der Waals surface area contributed by atoms with Crippen LogP contribution in [0.25, 0.3) is 0 Å². The summed E-state index contributed by atoms with van der Waals surface area (Å²) < 4.78 is 18.9. The molecule has 0 bridgehead atoms. The summed E-state index contributed by atoms with van der Waals surface area (Å²) in [5.74, 6) is -0.362. The molecule has 0 radical (unpaired) electrons. The first-order chi connectivity index (χ1) is 8.69. The summed E-state index contributed by atoms with van der Waals surface area (Å²) >= 11 is 0. The van der Waals surface area contributed by atoms with Crippen LogP contribution in [-0.2, 0) is 4.79 Å². The fourth-order valence-electron chi connectivity index (χ4n) is 1.57. The zero-order chi connectivity index (χ0) is 14.6. The van der Waals surface area contributed by atoms with Gasteiger partial charge in [0.15, 0.2) is 6.61 Å². The van der Waals surface area contributed by atoms with Gasteiger partial charge in [-0.25, -0.2) is 4.39 Å². The monoisotopic (exact) mass is 268 g/mol. The summed E-state index contributed by atoms with van der Waals surface area (Å²) in [5, 5.41) is 2.76. The molecule has 0 saturated heterocycles. The molecule has 1 atom stereocenters. The number of hydrogen-bond donors (Lipinski definition) is 2. The molecule has 1 amide bonds. The fourth-order valence-corrected chi connectivity index (χ4v) is 1.57. The third-order valence-corrected chi connectivity index (χ3v) is 2.35. The summed E-state index contributed by atoms with van der Waals surface area (Å²) in [4.78, 5) is 11.5. The Morgan fingerprint density at radius 2 is 2.11 bits per heavy atom. The van der Waals surface area contributed by atoms with Gasteiger partial charge < -0.3 is 15.8 Å². The Balaban J connectivity index is 2.59. The topological polar surface area (TPSA) is 64.3 Å². The van der Waals surface area contributed by atoms with E-state index in [9.17, 15) is 9.18 Å². The van der Waals surface area contributed by atoms with Crippen molar-refractivity contribution in [1.29, 1.82) is 0 Å². The number of carbonyl (C=O) groups is 1. The standard InChI is InChI=1S/C14H21FN2O2/c1-9(16)11-6-5-10(7-12(11)15)19-8-13(18)17-14(2,3)4/h5-7,9H,8,16H2,1-4H3,(H,17,18)/t9-/m1/s1. The van der Waals surface area contributed by atoms with Crippen molar-refractivity contribution in [3.8, 4) is 5.75 Å². The first kappa shape index (κ1) is 15.4. The molecule has 0 aromatic heterocycles. The number of nitrogens with one attached hydrogen (secondary N) is 1. The van der Waals surface area contributed by atoms with Gasteiger partial charge in [0.05, 0.1) is 0 Å². The molecule has 0 aliphatic heterocycles. The number of benzene rings is 1. The van der Waals surface area contributed by atoms with Gasteiger partial charge >= 0.3 is 0 Å². The van der Waals surface area contributed by atoms with Crippen molar-refractivity contribution in [2.75, 3.05) is 6.61 Å². The van der Waals surface area contributed by atoms with Crippen molar-refractivity contribution in [1.82, 2.24) is 5.32 Å². The van der Waals surface area contributed by atoms with E-state index in [-0.39, 0.29) is 24.1 Å². The van der Waals surface area contributed by atoms with Gasteiger partial charge in [-0.3, -0.25) is 4.79 Å². The molecule has 106 valence electrons. The van der Waals surface area contributed by atoms with Crippen molar-refractivity contribution >= 4 is 5.91 Å². The van der Waals surface area contributed by atoms with Gasteiger partial charge in [-0.2, -0.15) is 0 Å². The smallest absolute Gasteiger partial charge is 0.258 e. The molecule has 0 unspecified atom stereocenters. The number of rotatable bonds is 4. The average Bonchev–Trinajstić information content (AvgIpc) is 2.23. The van der Waals surface area contributed by atoms with Crippen LogP contribution in [0.5, 0.6) is 5.75 Å². The van der Waals surface area contributed by atoms with Crippen LogP contribution < -0.4 is 15.8 Å². The van der Waals surface area contributed by atoms with Gasteiger partial charge in [-0.05, 0) is 33.8 Å². The second kappa shape index (κ2) is 6.02. The van der Waals surface area contributed by atoms with Crippen LogP contribution in [0.2, 0.25) is 0 Å². The lowest BCUT2D eigenvalue weighted by atomic mass is 10.1. The van der Waals surface area contributed by atoms with E-state index in [1.54, 1.807) is 19.1 Å². The summed E-state index contributed by atoms with van der Waals surface area (Å²) in [6.07, 6.45) is 0. The Kier molecular flexibility index (Phi) is 4.89. The molecule has 0 aliphatic carbocycles. The summed E-state index contributed by atoms with van der Waals surface area (Å²) in [7, 11) is 0.